The smallest absolute Gasteiger partial charge is 0.305 e. The highest BCUT2D eigenvalue weighted by atomic mass is 28.4. The predicted octanol–water partition coefficient (Wildman–Crippen LogP) is 6.95. The average molecular weight is 473 g/mol. The minimum absolute atomic E-state index is 0.264. The van der Waals surface area contributed by atoms with Gasteiger partial charge in [-0.1, -0.05) is 107 Å². The third kappa shape index (κ3) is 5.47. The van der Waals surface area contributed by atoms with E-state index in [0.29, 0.717) is 10.4 Å². The molecule has 2 aromatic rings. The number of rotatable bonds is 2. The van der Waals surface area contributed by atoms with Crippen molar-refractivity contribution >= 4 is 18.8 Å². The van der Waals surface area contributed by atoms with Crippen molar-refractivity contribution in [2.24, 2.45) is 0 Å². The molecule has 0 saturated heterocycles. The first kappa shape index (κ1) is 27.4. The molecule has 0 unspecified atom stereocenters. The van der Waals surface area contributed by atoms with E-state index in [-0.39, 0.29) is 33.2 Å². The maximum atomic E-state index is 17.1. The Labute approximate surface area is 202 Å². The molecule has 33 heavy (non-hydrogen) atoms. The van der Waals surface area contributed by atoms with Gasteiger partial charge in [0.2, 0.25) is 0 Å². The van der Waals surface area contributed by atoms with E-state index in [4.69, 9.17) is 0 Å². The van der Waals surface area contributed by atoms with Crippen molar-refractivity contribution in [3.8, 4) is 11.5 Å². The van der Waals surface area contributed by atoms with Crippen LogP contribution in [-0.2, 0) is 21.7 Å². The fourth-order valence-electron chi connectivity index (χ4n) is 4.26. The van der Waals surface area contributed by atoms with Crippen LogP contribution in [0.4, 0.5) is 4.11 Å². The van der Waals surface area contributed by atoms with Gasteiger partial charge in [-0.25, -0.2) is 0 Å². The van der Waals surface area contributed by atoms with Gasteiger partial charge in [0.1, 0.15) is 11.5 Å². The second-order valence-electron chi connectivity index (χ2n) is 13.8. The first-order valence-electron chi connectivity index (χ1n) is 11.9. The summed E-state index contributed by atoms with van der Waals surface area (Å²) in [6, 6.07) is 7.49. The van der Waals surface area contributed by atoms with Gasteiger partial charge < -0.3 is 14.3 Å². The first-order valence-corrected chi connectivity index (χ1v) is 14.3. The molecule has 2 N–H and O–H groups in total. The molecule has 0 bridgehead atoms. The SMILES string of the molecule is CC(C)(C)c1cc([Si](C)(F)c2cc(C(C)(C)C)c(O)c(C(C)(C)C)c2)cc(C(C)(C)C)c1O. The third-order valence-electron chi connectivity index (χ3n) is 6.54. The largest absolute Gasteiger partial charge is 0.507 e. The summed E-state index contributed by atoms with van der Waals surface area (Å²) in [5.74, 6) is 0.528. The highest BCUT2D eigenvalue weighted by molar-refractivity contribution is 6.96. The van der Waals surface area contributed by atoms with Gasteiger partial charge in [0.25, 0.3) is 0 Å². The molecule has 0 aliphatic heterocycles. The highest BCUT2D eigenvalue weighted by Gasteiger charge is 2.39. The molecule has 0 aromatic heterocycles. The van der Waals surface area contributed by atoms with Crippen molar-refractivity contribution in [3.05, 3.63) is 46.5 Å². The molecule has 4 heteroatoms. The Morgan fingerprint density at radius 3 is 0.848 bits per heavy atom. The van der Waals surface area contributed by atoms with E-state index in [0.717, 1.165) is 22.3 Å². The van der Waals surface area contributed by atoms with E-state index in [1.807, 2.05) is 107 Å². The lowest BCUT2D eigenvalue weighted by Gasteiger charge is -2.32. The molecule has 0 aliphatic rings. The van der Waals surface area contributed by atoms with Crippen molar-refractivity contribution < 1.29 is 14.3 Å². The van der Waals surface area contributed by atoms with Crippen LogP contribution in [0, 0.1) is 0 Å². The number of hydrogen-bond donors (Lipinski definition) is 2. The Hall–Kier alpha value is -1.81. The molecule has 0 spiro atoms. The maximum absolute atomic E-state index is 17.1. The van der Waals surface area contributed by atoms with E-state index in [2.05, 4.69) is 0 Å². The molecule has 184 valence electrons. The predicted molar refractivity (Wildman–Crippen MR) is 143 cm³/mol. The van der Waals surface area contributed by atoms with Gasteiger partial charge in [-0.3, -0.25) is 0 Å². The van der Waals surface area contributed by atoms with E-state index < -0.39 is 8.41 Å². The van der Waals surface area contributed by atoms with Crippen molar-refractivity contribution in [1.82, 2.24) is 0 Å². The molecule has 2 aromatic carbocycles. The topological polar surface area (TPSA) is 40.5 Å². The molecular formula is C29H45FO2Si. The lowest BCUT2D eigenvalue weighted by Crippen LogP contribution is -2.53. The Bertz CT molecular complexity index is 886. The van der Waals surface area contributed by atoms with Crippen molar-refractivity contribution in [1.29, 1.82) is 0 Å². The van der Waals surface area contributed by atoms with Gasteiger partial charge in [-0.05, 0) is 60.8 Å². The van der Waals surface area contributed by atoms with Crippen LogP contribution in [0.25, 0.3) is 0 Å². The summed E-state index contributed by atoms with van der Waals surface area (Å²) in [5.41, 5.74) is 1.78. The normalized spacial score (nSPS) is 14.0. The van der Waals surface area contributed by atoms with E-state index in [1.165, 1.54) is 0 Å². The third-order valence-corrected chi connectivity index (χ3v) is 9.28. The Kier molecular flexibility index (Phi) is 6.77. The molecule has 0 atom stereocenters. The van der Waals surface area contributed by atoms with E-state index >= 15 is 4.11 Å². The number of phenolic OH excluding ortho intramolecular Hbond substituents is 2. The van der Waals surface area contributed by atoms with Crippen LogP contribution in [0.15, 0.2) is 24.3 Å². The summed E-state index contributed by atoms with van der Waals surface area (Å²) >= 11 is 0. The van der Waals surface area contributed by atoms with Gasteiger partial charge in [0.05, 0.1) is 0 Å². The summed E-state index contributed by atoms with van der Waals surface area (Å²) in [6.07, 6.45) is 0. The fraction of sp³-hybridized carbons (Fsp3) is 0.586. The highest BCUT2D eigenvalue weighted by Crippen LogP contribution is 2.40. The number of halogens is 1. The zero-order chi connectivity index (χ0) is 25.9. The van der Waals surface area contributed by atoms with E-state index in [9.17, 15) is 10.2 Å². The van der Waals surface area contributed by atoms with Gasteiger partial charge in [-0.2, -0.15) is 0 Å². The summed E-state index contributed by atoms with van der Waals surface area (Å²) in [7, 11) is -3.66. The summed E-state index contributed by atoms with van der Waals surface area (Å²) in [6.45, 7) is 26.3. The van der Waals surface area contributed by atoms with Gasteiger partial charge >= 0.3 is 8.41 Å². The lowest BCUT2D eigenvalue weighted by atomic mass is 9.79. The monoisotopic (exact) mass is 472 g/mol. The van der Waals surface area contributed by atoms with Crippen LogP contribution in [0.3, 0.4) is 0 Å². The number of hydrogen-bond acceptors (Lipinski definition) is 2. The zero-order valence-electron chi connectivity index (χ0n) is 23.1. The number of benzene rings is 2. The fourth-order valence-corrected chi connectivity index (χ4v) is 6.26. The van der Waals surface area contributed by atoms with Crippen molar-refractivity contribution in [2.45, 2.75) is 111 Å². The van der Waals surface area contributed by atoms with Crippen LogP contribution in [0.1, 0.15) is 105 Å². The van der Waals surface area contributed by atoms with Crippen LogP contribution < -0.4 is 10.4 Å². The standard InChI is InChI=1S/C29H45FO2Si/c1-26(2,3)20-14-18(15-21(24(20)31)27(4,5)6)33(13,30)19-16-22(28(7,8)9)25(32)23(17-19)29(10,11)12/h14-17,31-32H,1-13H3. The Balaban J connectivity index is 2.95. The summed E-state index contributed by atoms with van der Waals surface area (Å²) < 4.78 is 17.1. The van der Waals surface area contributed by atoms with Crippen molar-refractivity contribution in [3.63, 3.8) is 0 Å². The van der Waals surface area contributed by atoms with E-state index in [1.54, 1.807) is 6.55 Å². The number of aromatic hydroxyl groups is 2. The van der Waals surface area contributed by atoms with Crippen LogP contribution in [0.2, 0.25) is 6.55 Å². The Morgan fingerprint density at radius 1 is 0.515 bits per heavy atom. The van der Waals surface area contributed by atoms with Gasteiger partial charge in [0, 0.05) is 0 Å². The quantitative estimate of drug-likeness (QED) is 0.367. The molecule has 2 rings (SSSR count). The molecule has 0 saturated carbocycles. The van der Waals surface area contributed by atoms with Crippen LogP contribution in [-0.4, -0.2) is 18.6 Å². The summed E-state index contributed by atoms with van der Waals surface area (Å²) in [4.78, 5) is 0. The average Bonchev–Trinajstić information content (AvgIpc) is 2.57. The zero-order valence-corrected chi connectivity index (χ0v) is 24.1. The minimum atomic E-state index is -3.66. The van der Waals surface area contributed by atoms with Gasteiger partial charge in [0.15, 0.2) is 0 Å². The number of phenols is 2. The second-order valence-corrected chi connectivity index (χ2v) is 17.0. The minimum Gasteiger partial charge on any atom is -0.507 e. The first-order chi connectivity index (χ1) is 14.5. The molecule has 0 radical (unpaired) electrons. The van der Waals surface area contributed by atoms with Crippen molar-refractivity contribution in [2.75, 3.05) is 0 Å². The van der Waals surface area contributed by atoms with Gasteiger partial charge in [-0.15, -0.1) is 0 Å². The molecule has 0 amide bonds. The summed E-state index contributed by atoms with van der Waals surface area (Å²) in [5, 5.41) is 23.5. The maximum Gasteiger partial charge on any atom is 0.305 e. The molecule has 0 heterocycles. The lowest BCUT2D eigenvalue weighted by molar-refractivity contribution is 0.423. The molecule has 2 nitrogen and oxygen atoms in total. The molecule has 0 aliphatic carbocycles. The van der Waals surface area contributed by atoms with Crippen LogP contribution in [0.5, 0.6) is 11.5 Å². The molecular weight excluding hydrogens is 427 g/mol. The molecule has 0 fully saturated rings. The Morgan fingerprint density at radius 2 is 0.697 bits per heavy atom. The second kappa shape index (κ2) is 8.15. The van der Waals surface area contributed by atoms with Crippen LogP contribution >= 0.6 is 0 Å².